The molecule has 0 spiro atoms. The van der Waals surface area contributed by atoms with Gasteiger partial charge in [0.05, 0.1) is 5.56 Å². The molecule has 2 aliphatic rings. The van der Waals surface area contributed by atoms with Gasteiger partial charge in [-0.05, 0) is 55.2 Å². The predicted molar refractivity (Wildman–Crippen MR) is 72.0 cm³/mol. The van der Waals surface area contributed by atoms with E-state index in [9.17, 15) is 13.2 Å². The highest BCUT2D eigenvalue weighted by Gasteiger charge is 2.41. The van der Waals surface area contributed by atoms with Gasteiger partial charge in [-0.15, -0.1) is 0 Å². The van der Waals surface area contributed by atoms with Crippen molar-refractivity contribution in [1.82, 2.24) is 0 Å². The lowest BCUT2D eigenvalue weighted by Gasteiger charge is -2.39. The minimum absolute atomic E-state index is 0.435. The van der Waals surface area contributed by atoms with E-state index in [2.05, 4.69) is 0 Å². The molecule has 0 heterocycles. The van der Waals surface area contributed by atoms with Gasteiger partial charge in [-0.2, -0.15) is 13.2 Å². The number of hydrogen-bond acceptors (Lipinski definition) is 1. The molecule has 1 aromatic rings. The Labute approximate surface area is 117 Å². The van der Waals surface area contributed by atoms with Gasteiger partial charge in [0.1, 0.15) is 0 Å². The second-order valence-electron chi connectivity index (χ2n) is 6.43. The monoisotopic (exact) mass is 283 g/mol. The van der Waals surface area contributed by atoms with Gasteiger partial charge in [0, 0.05) is 5.54 Å². The zero-order valence-electron chi connectivity index (χ0n) is 11.4. The van der Waals surface area contributed by atoms with Crippen LogP contribution in [-0.4, -0.2) is 0 Å². The first-order valence-electron chi connectivity index (χ1n) is 7.35. The van der Waals surface area contributed by atoms with Crippen LogP contribution >= 0.6 is 0 Å². The Hall–Kier alpha value is -1.03. The second-order valence-corrected chi connectivity index (χ2v) is 6.43. The lowest BCUT2D eigenvalue weighted by Crippen LogP contribution is -2.42. The third-order valence-corrected chi connectivity index (χ3v) is 4.90. The van der Waals surface area contributed by atoms with E-state index in [0.717, 1.165) is 42.9 Å². The Bertz CT molecular complexity index is 475. The van der Waals surface area contributed by atoms with Gasteiger partial charge in [-0.3, -0.25) is 0 Å². The van der Waals surface area contributed by atoms with Crippen molar-refractivity contribution in [2.45, 2.75) is 50.2 Å². The topological polar surface area (TPSA) is 26.0 Å². The van der Waals surface area contributed by atoms with Crippen LogP contribution in [0.3, 0.4) is 0 Å². The number of benzene rings is 1. The summed E-state index contributed by atoms with van der Waals surface area (Å²) in [7, 11) is 0. The number of nitrogens with two attached hydrogens (primary N) is 1. The zero-order chi connectivity index (χ0) is 14.4. The molecule has 2 unspecified atom stereocenters. The van der Waals surface area contributed by atoms with Crippen LogP contribution in [0.4, 0.5) is 13.2 Å². The molecule has 0 amide bonds. The molecule has 0 saturated heterocycles. The van der Waals surface area contributed by atoms with Crippen LogP contribution in [0.15, 0.2) is 24.3 Å². The first-order valence-corrected chi connectivity index (χ1v) is 7.35. The van der Waals surface area contributed by atoms with Gasteiger partial charge in [-0.1, -0.05) is 25.0 Å². The SMILES string of the molecule is NC1(c2ccc(C(F)(F)F)cc2)CCCC(C2CC2)C1. The molecule has 0 bridgehead atoms. The van der Waals surface area contributed by atoms with Crippen LogP contribution in [0, 0.1) is 11.8 Å². The second kappa shape index (κ2) is 4.76. The number of hydrogen-bond donors (Lipinski definition) is 1. The fraction of sp³-hybridized carbons (Fsp3) is 0.625. The Morgan fingerprint density at radius 3 is 2.20 bits per heavy atom. The standard InChI is InChI=1S/C16H20F3N/c17-16(18,19)14-7-5-13(6-8-14)15(20)9-1-2-12(10-15)11-3-4-11/h5-8,11-12H,1-4,9-10,20H2. The van der Waals surface area contributed by atoms with Crippen molar-refractivity contribution in [2.75, 3.05) is 0 Å². The summed E-state index contributed by atoms with van der Waals surface area (Å²) >= 11 is 0. The summed E-state index contributed by atoms with van der Waals surface area (Å²) in [5.74, 6) is 1.48. The van der Waals surface area contributed by atoms with E-state index >= 15 is 0 Å². The number of halogens is 3. The van der Waals surface area contributed by atoms with Crippen molar-refractivity contribution in [1.29, 1.82) is 0 Å². The first kappa shape index (κ1) is 13.9. The van der Waals surface area contributed by atoms with Gasteiger partial charge >= 0.3 is 6.18 Å². The van der Waals surface area contributed by atoms with Gasteiger partial charge in [0.15, 0.2) is 0 Å². The third kappa shape index (κ3) is 2.71. The summed E-state index contributed by atoms with van der Waals surface area (Å²) in [6.45, 7) is 0. The molecule has 1 nitrogen and oxygen atoms in total. The summed E-state index contributed by atoms with van der Waals surface area (Å²) in [6.07, 6.45) is 2.43. The zero-order valence-corrected chi connectivity index (χ0v) is 11.4. The minimum Gasteiger partial charge on any atom is -0.321 e. The molecule has 110 valence electrons. The highest BCUT2D eigenvalue weighted by atomic mass is 19.4. The van der Waals surface area contributed by atoms with E-state index < -0.39 is 17.3 Å². The molecule has 0 radical (unpaired) electrons. The molecule has 2 aliphatic carbocycles. The van der Waals surface area contributed by atoms with E-state index in [0.29, 0.717) is 5.92 Å². The number of alkyl halides is 3. The molecule has 2 N–H and O–H groups in total. The van der Waals surface area contributed by atoms with Crippen LogP contribution in [0.25, 0.3) is 0 Å². The molecule has 4 heteroatoms. The Balaban J connectivity index is 1.79. The van der Waals surface area contributed by atoms with Crippen molar-refractivity contribution in [2.24, 2.45) is 17.6 Å². The minimum atomic E-state index is -4.27. The van der Waals surface area contributed by atoms with E-state index in [4.69, 9.17) is 5.73 Å². The molecule has 1 aromatic carbocycles. The van der Waals surface area contributed by atoms with Gasteiger partial charge in [-0.25, -0.2) is 0 Å². The highest BCUT2D eigenvalue weighted by molar-refractivity contribution is 5.30. The Morgan fingerprint density at radius 2 is 1.65 bits per heavy atom. The highest BCUT2D eigenvalue weighted by Crippen LogP contribution is 2.48. The van der Waals surface area contributed by atoms with Crippen molar-refractivity contribution < 1.29 is 13.2 Å². The van der Waals surface area contributed by atoms with Gasteiger partial charge in [0.25, 0.3) is 0 Å². The molecule has 0 aliphatic heterocycles. The van der Waals surface area contributed by atoms with E-state index in [-0.39, 0.29) is 0 Å². The fourth-order valence-corrected chi connectivity index (χ4v) is 3.58. The van der Waals surface area contributed by atoms with Gasteiger partial charge in [0.2, 0.25) is 0 Å². The van der Waals surface area contributed by atoms with Crippen LogP contribution in [0.5, 0.6) is 0 Å². The molecule has 20 heavy (non-hydrogen) atoms. The average Bonchev–Trinajstić information content (AvgIpc) is 3.22. The summed E-state index contributed by atoms with van der Waals surface area (Å²) in [5.41, 5.74) is 6.34. The van der Waals surface area contributed by atoms with Crippen LogP contribution in [0.1, 0.15) is 49.7 Å². The van der Waals surface area contributed by atoms with Crippen molar-refractivity contribution in [3.8, 4) is 0 Å². The maximum Gasteiger partial charge on any atom is 0.416 e. The summed E-state index contributed by atoms with van der Waals surface area (Å²) in [5, 5.41) is 0. The van der Waals surface area contributed by atoms with Crippen molar-refractivity contribution >= 4 is 0 Å². The van der Waals surface area contributed by atoms with Crippen molar-refractivity contribution in [3.05, 3.63) is 35.4 Å². The average molecular weight is 283 g/mol. The quantitative estimate of drug-likeness (QED) is 0.852. The van der Waals surface area contributed by atoms with Crippen LogP contribution in [-0.2, 0) is 11.7 Å². The predicted octanol–water partition coefficient (Wildman–Crippen LogP) is 4.46. The first-order chi connectivity index (χ1) is 9.38. The molecular formula is C16H20F3N. The largest absolute Gasteiger partial charge is 0.416 e. The Morgan fingerprint density at radius 1 is 1.00 bits per heavy atom. The maximum absolute atomic E-state index is 12.6. The summed E-state index contributed by atoms with van der Waals surface area (Å²) < 4.78 is 37.8. The summed E-state index contributed by atoms with van der Waals surface area (Å²) in [4.78, 5) is 0. The third-order valence-electron chi connectivity index (χ3n) is 4.90. The Kier molecular flexibility index (Phi) is 3.32. The molecule has 2 atom stereocenters. The normalized spacial score (nSPS) is 31.3. The van der Waals surface area contributed by atoms with Crippen LogP contribution < -0.4 is 5.73 Å². The molecule has 2 saturated carbocycles. The molecule has 3 rings (SSSR count). The van der Waals surface area contributed by atoms with Gasteiger partial charge < -0.3 is 5.73 Å². The van der Waals surface area contributed by atoms with Crippen molar-refractivity contribution in [3.63, 3.8) is 0 Å². The molecular weight excluding hydrogens is 263 g/mol. The lowest BCUT2D eigenvalue weighted by atomic mass is 9.71. The molecule has 0 aromatic heterocycles. The smallest absolute Gasteiger partial charge is 0.321 e. The molecule has 2 fully saturated rings. The van der Waals surface area contributed by atoms with E-state index in [1.807, 2.05) is 0 Å². The summed E-state index contributed by atoms with van der Waals surface area (Å²) in [6, 6.07) is 5.45. The lowest BCUT2D eigenvalue weighted by molar-refractivity contribution is -0.137. The van der Waals surface area contributed by atoms with Crippen LogP contribution in [0.2, 0.25) is 0 Å². The van der Waals surface area contributed by atoms with E-state index in [1.54, 1.807) is 12.1 Å². The fourth-order valence-electron chi connectivity index (χ4n) is 3.58. The number of rotatable bonds is 2. The maximum atomic E-state index is 12.6. The van der Waals surface area contributed by atoms with E-state index in [1.165, 1.54) is 19.3 Å².